The Labute approximate surface area is 77.3 Å². The molecular formula is C9H17F3O. The fourth-order valence-electron chi connectivity index (χ4n) is 0.974. The molecule has 0 spiro atoms. The fraction of sp³-hybridized carbons (Fsp3) is 1.00. The smallest absolute Gasteiger partial charge is 0.378 e. The molecule has 1 atom stereocenters. The van der Waals surface area contributed by atoms with Crippen LogP contribution in [0.3, 0.4) is 0 Å². The van der Waals surface area contributed by atoms with Crippen LogP contribution in [0.4, 0.5) is 13.2 Å². The predicted octanol–water partition coefficient (Wildman–Crippen LogP) is 3.53. The first kappa shape index (κ1) is 12.8. The van der Waals surface area contributed by atoms with Gasteiger partial charge in [-0.2, -0.15) is 13.2 Å². The largest absolute Gasteiger partial charge is 0.391 e. The lowest BCUT2D eigenvalue weighted by molar-refractivity contribution is -0.161. The molecule has 0 aromatic heterocycles. The van der Waals surface area contributed by atoms with Crippen molar-refractivity contribution in [1.82, 2.24) is 0 Å². The van der Waals surface area contributed by atoms with E-state index in [-0.39, 0.29) is 0 Å². The first-order valence-electron chi connectivity index (χ1n) is 4.68. The molecule has 4 heteroatoms. The molecule has 0 heterocycles. The van der Waals surface area contributed by atoms with E-state index in [1.165, 1.54) is 0 Å². The molecule has 0 saturated heterocycles. The maximum Gasteiger partial charge on any atom is 0.391 e. The van der Waals surface area contributed by atoms with Crippen LogP contribution in [0.2, 0.25) is 0 Å². The van der Waals surface area contributed by atoms with Crippen LogP contribution < -0.4 is 0 Å². The van der Waals surface area contributed by atoms with Crippen LogP contribution in [0.5, 0.6) is 0 Å². The Kier molecular flexibility index (Phi) is 6.12. The van der Waals surface area contributed by atoms with E-state index in [1.807, 2.05) is 6.92 Å². The molecule has 80 valence electrons. The van der Waals surface area contributed by atoms with E-state index in [1.54, 1.807) is 6.92 Å². The van der Waals surface area contributed by atoms with Crippen molar-refractivity contribution in [3.63, 3.8) is 0 Å². The highest BCUT2D eigenvalue weighted by atomic mass is 19.4. The number of hydrogen-bond acceptors (Lipinski definition) is 1. The molecule has 0 aliphatic heterocycles. The molecule has 0 aliphatic carbocycles. The summed E-state index contributed by atoms with van der Waals surface area (Å²) in [5.41, 5.74) is 0. The summed E-state index contributed by atoms with van der Waals surface area (Å²) < 4.78 is 40.9. The minimum absolute atomic E-state index is 0.420. The van der Waals surface area contributed by atoms with Gasteiger partial charge in [0.15, 0.2) is 0 Å². The second-order valence-corrected chi connectivity index (χ2v) is 3.07. The van der Waals surface area contributed by atoms with Crippen LogP contribution in [0, 0.1) is 0 Å². The van der Waals surface area contributed by atoms with Crippen LogP contribution in [-0.4, -0.2) is 18.9 Å². The van der Waals surface area contributed by atoms with Crippen molar-refractivity contribution >= 4 is 0 Å². The van der Waals surface area contributed by atoms with Crippen LogP contribution in [0.1, 0.15) is 39.5 Å². The summed E-state index contributed by atoms with van der Waals surface area (Å²) in [5, 5.41) is 0. The van der Waals surface area contributed by atoms with Gasteiger partial charge in [-0.3, -0.25) is 0 Å². The number of hydrogen-bond donors (Lipinski definition) is 0. The van der Waals surface area contributed by atoms with E-state index in [0.717, 1.165) is 12.8 Å². The monoisotopic (exact) mass is 198 g/mol. The van der Waals surface area contributed by atoms with Gasteiger partial charge in [-0.15, -0.1) is 0 Å². The molecule has 0 radical (unpaired) electrons. The first-order valence-corrected chi connectivity index (χ1v) is 4.68. The number of ether oxygens (including phenoxy) is 1. The van der Waals surface area contributed by atoms with Gasteiger partial charge in [-0.25, -0.2) is 0 Å². The zero-order chi connectivity index (χ0) is 10.3. The Morgan fingerprint density at radius 2 is 1.85 bits per heavy atom. The molecule has 0 rings (SSSR count). The standard InChI is InChI=1S/C9H17F3O/c1-3-5-6-13-8(4-2)7-9(10,11)12/h8H,3-7H2,1-2H3. The van der Waals surface area contributed by atoms with Gasteiger partial charge in [0.05, 0.1) is 12.5 Å². The molecule has 0 amide bonds. The van der Waals surface area contributed by atoms with E-state index >= 15 is 0 Å². The zero-order valence-corrected chi connectivity index (χ0v) is 8.16. The summed E-state index contributed by atoms with van der Waals surface area (Å²) in [6, 6.07) is 0. The molecule has 0 fully saturated rings. The Morgan fingerprint density at radius 1 is 1.23 bits per heavy atom. The summed E-state index contributed by atoms with van der Waals surface area (Å²) in [6.07, 6.45) is -3.40. The van der Waals surface area contributed by atoms with Gasteiger partial charge in [-0.1, -0.05) is 20.3 Å². The van der Waals surface area contributed by atoms with Crippen molar-refractivity contribution in [3.8, 4) is 0 Å². The third kappa shape index (κ3) is 8.09. The summed E-state index contributed by atoms with van der Waals surface area (Å²) >= 11 is 0. The van der Waals surface area contributed by atoms with E-state index in [2.05, 4.69) is 0 Å². The SMILES string of the molecule is CCCCOC(CC)CC(F)(F)F. The zero-order valence-electron chi connectivity index (χ0n) is 8.16. The Balaban J connectivity index is 3.63. The average Bonchev–Trinajstić information content (AvgIpc) is 2.01. The first-order chi connectivity index (χ1) is 5.99. The lowest BCUT2D eigenvalue weighted by Gasteiger charge is -2.17. The molecule has 0 saturated carbocycles. The van der Waals surface area contributed by atoms with Crippen LogP contribution in [-0.2, 0) is 4.74 Å². The summed E-state index contributed by atoms with van der Waals surface area (Å²) in [6.45, 7) is 4.13. The second kappa shape index (κ2) is 6.24. The van der Waals surface area contributed by atoms with Gasteiger partial charge in [0.2, 0.25) is 0 Å². The fourth-order valence-corrected chi connectivity index (χ4v) is 0.974. The lowest BCUT2D eigenvalue weighted by atomic mass is 10.2. The quantitative estimate of drug-likeness (QED) is 0.593. The van der Waals surface area contributed by atoms with Gasteiger partial charge in [0.25, 0.3) is 0 Å². The van der Waals surface area contributed by atoms with Crippen molar-refractivity contribution in [1.29, 1.82) is 0 Å². The highest BCUT2D eigenvalue weighted by Gasteiger charge is 2.31. The Bertz CT molecular complexity index is 123. The van der Waals surface area contributed by atoms with Gasteiger partial charge in [0, 0.05) is 6.61 Å². The van der Waals surface area contributed by atoms with E-state index in [9.17, 15) is 13.2 Å². The Morgan fingerprint density at radius 3 is 2.23 bits per heavy atom. The van der Waals surface area contributed by atoms with Crippen LogP contribution in [0.15, 0.2) is 0 Å². The van der Waals surface area contributed by atoms with E-state index < -0.39 is 18.7 Å². The van der Waals surface area contributed by atoms with Gasteiger partial charge in [-0.05, 0) is 12.8 Å². The van der Waals surface area contributed by atoms with Crippen LogP contribution >= 0.6 is 0 Å². The minimum Gasteiger partial charge on any atom is -0.378 e. The van der Waals surface area contributed by atoms with Crippen LogP contribution in [0.25, 0.3) is 0 Å². The number of halogens is 3. The molecule has 0 aliphatic rings. The third-order valence-corrected chi connectivity index (χ3v) is 1.77. The summed E-state index contributed by atoms with van der Waals surface area (Å²) in [4.78, 5) is 0. The van der Waals surface area contributed by atoms with Crippen molar-refractivity contribution < 1.29 is 17.9 Å². The maximum absolute atomic E-state index is 11.9. The molecule has 0 aromatic carbocycles. The maximum atomic E-state index is 11.9. The normalized spacial score (nSPS) is 14.5. The predicted molar refractivity (Wildman–Crippen MR) is 45.6 cm³/mol. The van der Waals surface area contributed by atoms with Gasteiger partial charge >= 0.3 is 6.18 Å². The number of alkyl halides is 3. The number of unbranched alkanes of at least 4 members (excludes halogenated alkanes) is 1. The summed E-state index contributed by atoms with van der Waals surface area (Å²) in [7, 11) is 0. The highest BCUT2D eigenvalue weighted by Crippen LogP contribution is 2.24. The van der Waals surface area contributed by atoms with Crippen molar-refractivity contribution in [2.45, 2.75) is 51.8 Å². The van der Waals surface area contributed by atoms with Crippen molar-refractivity contribution in [2.75, 3.05) is 6.61 Å². The molecular weight excluding hydrogens is 181 g/mol. The average molecular weight is 198 g/mol. The van der Waals surface area contributed by atoms with E-state index in [4.69, 9.17) is 4.74 Å². The summed E-state index contributed by atoms with van der Waals surface area (Å²) in [5.74, 6) is 0. The topological polar surface area (TPSA) is 9.23 Å². The van der Waals surface area contributed by atoms with Gasteiger partial charge in [0.1, 0.15) is 0 Å². The molecule has 1 unspecified atom stereocenters. The molecule has 0 N–H and O–H groups in total. The third-order valence-electron chi connectivity index (χ3n) is 1.77. The molecule has 13 heavy (non-hydrogen) atoms. The lowest BCUT2D eigenvalue weighted by Crippen LogP contribution is -2.22. The highest BCUT2D eigenvalue weighted by molar-refractivity contribution is 4.61. The number of rotatable bonds is 6. The Hall–Kier alpha value is -0.250. The molecule has 0 aromatic rings. The van der Waals surface area contributed by atoms with E-state index in [0.29, 0.717) is 13.0 Å². The van der Waals surface area contributed by atoms with Crippen molar-refractivity contribution in [3.05, 3.63) is 0 Å². The molecule has 1 nitrogen and oxygen atoms in total. The second-order valence-electron chi connectivity index (χ2n) is 3.07. The molecule has 0 bridgehead atoms. The minimum atomic E-state index is -4.10. The van der Waals surface area contributed by atoms with Crippen molar-refractivity contribution in [2.24, 2.45) is 0 Å². The van der Waals surface area contributed by atoms with Gasteiger partial charge < -0.3 is 4.74 Å².